The molecule has 1 saturated heterocycles. The van der Waals surface area contributed by atoms with E-state index in [1.807, 2.05) is 6.08 Å². The number of aliphatic hydroxyl groups excluding tert-OH is 5. The van der Waals surface area contributed by atoms with Crippen molar-refractivity contribution in [2.45, 2.75) is 230 Å². The number of hydrogen-bond acceptors (Lipinski definition) is 8. The summed E-state index contributed by atoms with van der Waals surface area (Å²) in [6, 6.07) is -0.800. The highest BCUT2D eigenvalue weighted by Crippen LogP contribution is 2.22. The fourth-order valence-electron chi connectivity index (χ4n) is 7.07. The maximum absolute atomic E-state index is 12.8. The average molecular weight is 818 g/mol. The molecule has 1 aliphatic heterocycles. The van der Waals surface area contributed by atoms with Gasteiger partial charge in [0.2, 0.25) is 5.91 Å². The number of nitrogens with one attached hydrogen (secondary N) is 1. The Bertz CT molecular complexity index is 1090. The number of aliphatic hydroxyl groups is 5. The molecule has 336 valence electrons. The molecular formula is C49H87NO8. The van der Waals surface area contributed by atoms with Crippen LogP contribution in [0.25, 0.3) is 0 Å². The zero-order chi connectivity index (χ0) is 42.3. The van der Waals surface area contributed by atoms with Crippen LogP contribution in [0, 0.1) is 0 Å². The van der Waals surface area contributed by atoms with Gasteiger partial charge in [-0.3, -0.25) is 4.79 Å². The number of rotatable bonds is 38. The Labute approximate surface area is 354 Å². The zero-order valence-electron chi connectivity index (χ0n) is 36.8. The molecule has 9 heteroatoms. The summed E-state index contributed by atoms with van der Waals surface area (Å²) in [6.45, 7) is 3.50. The second kappa shape index (κ2) is 39.1. The number of unbranched alkanes of at least 4 members (excludes halogenated alkanes) is 20. The van der Waals surface area contributed by atoms with E-state index in [1.165, 1.54) is 103 Å². The zero-order valence-corrected chi connectivity index (χ0v) is 36.8. The van der Waals surface area contributed by atoms with Crippen LogP contribution in [0.2, 0.25) is 0 Å². The molecule has 0 aromatic heterocycles. The smallest absolute Gasteiger partial charge is 0.220 e. The number of amides is 1. The number of hydrogen-bond donors (Lipinski definition) is 6. The van der Waals surface area contributed by atoms with E-state index in [1.54, 1.807) is 6.08 Å². The quantitative estimate of drug-likeness (QED) is 0.0267. The summed E-state index contributed by atoms with van der Waals surface area (Å²) in [7, 11) is 0. The first-order valence-corrected chi connectivity index (χ1v) is 23.5. The summed E-state index contributed by atoms with van der Waals surface area (Å²) in [6.07, 6.45) is 45.0. The molecular weight excluding hydrogens is 731 g/mol. The molecule has 0 bridgehead atoms. The molecule has 58 heavy (non-hydrogen) atoms. The van der Waals surface area contributed by atoms with Gasteiger partial charge in [0.25, 0.3) is 0 Å². The van der Waals surface area contributed by atoms with Crippen LogP contribution in [0.4, 0.5) is 0 Å². The molecule has 1 rings (SSSR count). The summed E-state index contributed by atoms with van der Waals surface area (Å²) >= 11 is 0. The van der Waals surface area contributed by atoms with Crippen LogP contribution >= 0.6 is 0 Å². The van der Waals surface area contributed by atoms with Gasteiger partial charge in [-0.2, -0.15) is 0 Å². The Morgan fingerprint density at radius 2 is 1.07 bits per heavy atom. The molecule has 0 radical (unpaired) electrons. The number of allylic oxidation sites excluding steroid dienone is 9. The van der Waals surface area contributed by atoms with E-state index in [4.69, 9.17) is 9.47 Å². The van der Waals surface area contributed by atoms with Crippen molar-refractivity contribution in [3.8, 4) is 0 Å². The molecule has 1 heterocycles. The molecule has 0 aliphatic carbocycles. The summed E-state index contributed by atoms with van der Waals surface area (Å²) in [5.41, 5.74) is 0. The molecule has 9 nitrogen and oxygen atoms in total. The van der Waals surface area contributed by atoms with E-state index >= 15 is 0 Å². The van der Waals surface area contributed by atoms with Crippen molar-refractivity contribution in [1.29, 1.82) is 0 Å². The van der Waals surface area contributed by atoms with Crippen LogP contribution in [0.15, 0.2) is 60.8 Å². The van der Waals surface area contributed by atoms with Crippen molar-refractivity contribution in [1.82, 2.24) is 5.32 Å². The molecule has 1 amide bonds. The molecule has 1 aliphatic rings. The fraction of sp³-hybridized carbons (Fsp3) is 0.776. The maximum atomic E-state index is 12.8. The second-order valence-corrected chi connectivity index (χ2v) is 16.2. The normalized spacial score (nSPS) is 21.4. The highest BCUT2D eigenvalue weighted by molar-refractivity contribution is 5.76. The van der Waals surface area contributed by atoms with Gasteiger partial charge in [0.05, 0.1) is 25.4 Å². The van der Waals surface area contributed by atoms with Crippen LogP contribution in [0.3, 0.4) is 0 Å². The highest BCUT2D eigenvalue weighted by atomic mass is 16.7. The second-order valence-electron chi connectivity index (χ2n) is 16.2. The SMILES string of the molecule is CC/C=C\C/C=C\C/C=C\C/C=C\CCCCCCCCCCCCCCCCCCCCC(=O)NC(COC1OC(CO)C(O)C(O)C1O)C(O)/C=C/CCCC. The van der Waals surface area contributed by atoms with Crippen molar-refractivity contribution in [3.05, 3.63) is 60.8 Å². The predicted octanol–water partition coefficient (Wildman–Crippen LogP) is 10.0. The molecule has 6 N–H and O–H groups in total. The first-order valence-electron chi connectivity index (χ1n) is 23.5. The van der Waals surface area contributed by atoms with Gasteiger partial charge in [-0.05, 0) is 51.4 Å². The van der Waals surface area contributed by atoms with Gasteiger partial charge in [-0.25, -0.2) is 0 Å². The third-order valence-corrected chi connectivity index (χ3v) is 10.8. The Balaban J connectivity index is 2.02. The van der Waals surface area contributed by atoms with Crippen molar-refractivity contribution in [2.75, 3.05) is 13.2 Å². The molecule has 0 saturated carbocycles. The largest absolute Gasteiger partial charge is 0.394 e. The third kappa shape index (κ3) is 29.2. The van der Waals surface area contributed by atoms with Crippen LogP contribution < -0.4 is 5.32 Å². The summed E-state index contributed by atoms with van der Waals surface area (Å²) < 4.78 is 11.1. The lowest BCUT2D eigenvalue weighted by Gasteiger charge is -2.40. The maximum Gasteiger partial charge on any atom is 0.220 e. The van der Waals surface area contributed by atoms with Crippen LogP contribution in [-0.4, -0.2) is 87.5 Å². The minimum absolute atomic E-state index is 0.187. The van der Waals surface area contributed by atoms with E-state index in [0.717, 1.165) is 64.2 Å². The summed E-state index contributed by atoms with van der Waals surface area (Å²) in [4.78, 5) is 12.8. The van der Waals surface area contributed by atoms with Crippen LogP contribution in [-0.2, 0) is 14.3 Å². The lowest BCUT2D eigenvalue weighted by Crippen LogP contribution is -2.60. The first-order chi connectivity index (χ1) is 28.3. The molecule has 1 fully saturated rings. The van der Waals surface area contributed by atoms with E-state index in [-0.39, 0.29) is 12.5 Å². The van der Waals surface area contributed by atoms with Gasteiger partial charge in [-0.1, -0.05) is 190 Å². The van der Waals surface area contributed by atoms with Gasteiger partial charge in [0, 0.05) is 6.42 Å². The molecule has 0 aromatic carbocycles. The Kier molecular flexibility index (Phi) is 36.3. The van der Waals surface area contributed by atoms with Gasteiger partial charge in [0.1, 0.15) is 24.4 Å². The van der Waals surface area contributed by atoms with Crippen LogP contribution in [0.5, 0.6) is 0 Å². The number of carbonyl (C=O) groups excluding carboxylic acids is 1. The Hall–Kier alpha value is -2.11. The van der Waals surface area contributed by atoms with E-state index < -0.39 is 49.5 Å². The van der Waals surface area contributed by atoms with Crippen molar-refractivity contribution < 1.29 is 39.8 Å². The summed E-state index contributed by atoms with van der Waals surface area (Å²) in [5, 5.41) is 53.6. The fourth-order valence-corrected chi connectivity index (χ4v) is 7.07. The van der Waals surface area contributed by atoms with Gasteiger partial charge in [0.15, 0.2) is 6.29 Å². The van der Waals surface area contributed by atoms with E-state index in [0.29, 0.717) is 6.42 Å². The highest BCUT2D eigenvalue weighted by Gasteiger charge is 2.44. The minimum atomic E-state index is -1.56. The Morgan fingerprint density at radius 1 is 0.603 bits per heavy atom. The van der Waals surface area contributed by atoms with Crippen LogP contribution in [0.1, 0.15) is 187 Å². The van der Waals surface area contributed by atoms with E-state index in [9.17, 15) is 30.3 Å². The standard InChI is InChI=1S/C49H87NO8/c1-3-5-7-9-10-11-12-13-14-15-16-17-18-19-20-21-22-23-24-25-26-27-28-29-30-31-32-33-34-35-37-39-45(53)50-42(43(52)38-36-8-6-4-2)41-57-49-48(56)47(55)46(54)44(40-51)58-49/h5,7,10-11,13-14,16-17,36,38,42-44,46-49,51-52,54-56H,3-4,6,8-9,12,15,18-35,37,39-41H2,1-2H3,(H,50,53)/b7-5-,11-10-,14-13-,17-16-,38-36+. The molecule has 7 unspecified atom stereocenters. The predicted molar refractivity (Wildman–Crippen MR) is 239 cm³/mol. The van der Waals surface area contributed by atoms with E-state index in [2.05, 4.69) is 67.8 Å². The third-order valence-electron chi connectivity index (χ3n) is 10.8. The molecule has 0 spiro atoms. The first kappa shape index (κ1) is 53.9. The number of ether oxygens (including phenoxy) is 2. The average Bonchev–Trinajstić information content (AvgIpc) is 3.22. The van der Waals surface area contributed by atoms with Crippen molar-refractivity contribution in [2.24, 2.45) is 0 Å². The molecule has 7 atom stereocenters. The topological polar surface area (TPSA) is 149 Å². The minimum Gasteiger partial charge on any atom is -0.394 e. The lowest BCUT2D eigenvalue weighted by atomic mass is 9.99. The van der Waals surface area contributed by atoms with Crippen molar-refractivity contribution >= 4 is 5.91 Å². The van der Waals surface area contributed by atoms with Gasteiger partial charge in [-0.15, -0.1) is 0 Å². The summed E-state index contributed by atoms with van der Waals surface area (Å²) in [5.74, 6) is -0.187. The Morgan fingerprint density at radius 3 is 1.57 bits per heavy atom. The van der Waals surface area contributed by atoms with Gasteiger partial charge >= 0.3 is 0 Å². The molecule has 0 aromatic rings. The van der Waals surface area contributed by atoms with Gasteiger partial charge < -0.3 is 40.3 Å². The van der Waals surface area contributed by atoms with Crippen molar-refractivity contribution in [3.63, 3.8) is 0 Å². The number of carbonyl (C=O) groups is 1. The monoisotopic (exact) mass is 818 g/mol. The lowest BCUT2D eigenvalue weighted by molar-refractivity contribution is -0.302.